The predicted octanol–water partition coefficient (Wildman–Crippen LogP) is 4.89. The number of hydrogen-bond acceptors (Lipinski definition) is 3. The second kappa shape index (κ2) is 7.17. The highest BCUT2D eigenvalue weighted by molar-refractivity contribution is 6.30. The average Bonchev–Trinajstić information content (AvgIpc) is 2.67. The Bertz CT molecular complexity index is 1010. The summed E-state index contributed by atoms with van der Waals surface area (Å²) in [5.41, 5.74) is 9.04. The lowest BCUT2D eigenvalue weighted by Crippen LogP contribution is -2.36. The van der Waals surface area contributed by atoms with Crippen LogP contribution in [0.2, 0.25) is 5.02 Å². The Morgan fingerprint density at radius 2 is 1.74 bits per heavy atom. The number of nitrogens with two attached hydrogens (primary N) is 1. The normalized spacial score (nSPS) is 14.8. The van der Waals surface area contributed by atoms with E-state index in [9.17, 15) is 4.79 Å². The first-order valence-electron chi connectivity index (χ1n) is 8.50. The van der Waals surface area contributed by atoms with Crippen LogP contribution in [0, 0.1) is 0 Å². The average molecular weight is 377 g/mol. The van der Waals surface area contributed by atoms with Crippen LogP contribution in [-0.4, -0.2) is 5.91 Å². The number of carbonyl (C=O) groups is 1. The minimum atomic E-state index is -0.203. The lowest BCUT2D eigenvalue weighted by Gasteiger charge is -2.31. The summed E-state index contributed by atoms with van der Waals surface area (Å²) < 4.78 is 5.88. The Hall–Kier alpha value is -3.24. The zero-order valence-electron chi connectivity index (χ0n) is 14.4. The van der Waals surface area contributed by atoms with E-state index in [4.69, 9.17) is 22.1 Å². The van der Waals surface area contributed by atoms with E-state index < -0.39 is 0 Å². The van der Waals surface area contributed by atoms with Crippen molar-refractivity contribution in [1.82, 2.24) is 0 Å². The molecule has 1 aliphatic rings. The molecule has 5 heteroatoms. The van der Waals surface area contributed by atoms with Crippen molar-refractivity contribution in [1.29, 1.82) is 0 Å². The molecule has 1 amide bonds. The first-order chi connectivity index (χ1) is 13.1. The Balaban J connectivity index is 1.75. The second-order valence-corrected chi connectivity index (χ2v) is 6.70. The van der Waals surface area contributed by atoms with Gasteiger partial charge >= 0.3 is 0 Å². The van der Waals surface area contributed by atoms with Crippen molar-refractivity contribution in [3.05, 3.63) is 94.7 Å². The number of benzene rings is 3. The van der Waals surface area contributed by atoms with Gasteiger partial charge in [-0.15, -0.1) is 0 Å². The predicted molar refractivity (Wildman–Crippen MR) is 109 cm³/mol. The summed E-state index contributed by atoms with van der Waals surface area (Å²) >= 11 is 5.97. The van der Waals surface area contributed by atoms with Gasteiger partial charge in [-0.25, -0.2) is 0 Å². The van der Waals surface area contributed by atoms with E-state index in [1.165, 1.54) is 0 Å². The molecule has 0 spiro atoms. The maximum Gasteiger partial charge on any atom is 0.294 e. The molecule has 3 aromatic rings. The standard InChI is InChI=1S/C22H17ClN2O2/c23-17-8-6-16(7-9-17)14-25-19-11-10-18(24)13-20(19)27-21(22(25)26)12-15-4-2-1-3-5-15/h1-13H,14,24H2/b21-12+. The summed E-state index contributed by atoms with van der Waals surface area (Å²) in [5.74, 6) is 0.616. The molecule has 4 nitrogen and oxygen atoms in total. The maximum atomic E-state index is 13.1. The Morgan fingerprint density at radius 3 is 2.48 bits per heavy atom. The summed E-state index contributed by atoms with van der Waals surface area (Å²) in [7, 11) is 0. The number of anilines is 2. The monoisotopic (exact) mass is 376 g/mol. The van der Waals surface area contributed by atoms with Gasteiger partial charge in [0.25, 0.3) is 5.91 Å². The van der Waals surface area contributed by atoms with Gasteiger partial charge in [-0.1, -0.05) is 54.1 Å². The molecule has 3 aromatic carbocycles. The molecule has 0 fully saturated rings. The molecule has 0 aromatic heterocycles. The fraction of sp³-hybridized carbons (Fsp3) is 0.0455. The van der Waals surface area contributed by atoms with Crippen LogP contribution >= 0.6 is 11.6 Å². The summed E-state index contributed by atoms with van der Waals surface area (Å²) in [4.78, 5) is 14.8. The van der Waals surface area contributed by atoms with Crippen molar-refractivity contribution in [2.45, 2.75) is 6.54 Å². The molecule has 0 radical (unpaired) electrons. The molecule has 0 saturated carbocycles. The van der Waals surface area contributed by atoms with Crippen molar-refractivity contribution in [3.63, 3.8) is 0 Å². The molecule has 0 atom stereocenters. The highest BCUT2D eigenvalue weighted by Crippen LogP contribution is 2.38. The smallest absolute Gasteiger partial charge is 0.294 e. The minimum absolute atomic E-state index is 0.203. The molecule has 4 rings (SSSR count). The highest BCUT2D eigenvalue weighted by atomic mass is 35.5. The molecule has 2 N–H and O–H groups in total. The molecule has 1 heterocycles. The van der Waals surface area contributed by atoms with Gasteiger partial charge in [-0.2, -0.15) is 0 Å². The van der Waals surface area contributed by atoms with E-state index in [0.29, 0.717) is 28.7 Å². The van der Waals surface area contributed by atoms with Crippen LogP contribution in [0.25, 0.3) is 6.08 Å². The van der Waals surface area contributed by atoms with Crippen LogP contribution in [0.3, 0.4) is 0 Å². The number of amides is 1. The molecule has 0 bridgehead atoms. The van der Waals surface area contributed by atoms with Gasteiger partial charge < -0.3 is 10.5 Å². The number of halogens is 1. The molecule has 0 aliphatic carbocycles. The van der Waals surface area contributed by atoms with E-state index in [1.807, 2.05) is 54.6 Å². The van der Waals surface area contributed by atoms with Crippen LogP contribution in [0.4, 0.5) is 11.4 Å². The van der Waals surface area contributed by atoms with E-state index in [-0.39, 0.29) is 11.7 Å². The van der Waals surface area contributed by atoms with E-state index in [1.54, 1.807) is 29.2 Å². The van der Waals surface area contributed by atoms with Gasteiger partial charge in [0.05, 0.1) is 12.2 Å². The number of rotatable bonds is 3. The Kier molecular flexibility index (Phi) is 4.57. The quantitative estimate of drug-likeness (QED) is 0.523. The molecule has 134 valence electrons. The summed E-state index contributed by atoms with van der Waals surface area (Å²) in [5, 5.41) is 0.657. The fourth-order valence-electron chi connectivity index (χ4n) is 2.96. The third-order valence-corrected chi connectivity index (χ3v) is 4.55. The number of carbonyl (C=O) groups excluding carboxylic acids is 1. The number of nitrogens with zero attached hydrogens (tertiary/aromatic N) is 1. The SMILES string of the molecule is Nc1ccc2c(c1)O/C(=C/c1ccccc1)C(=O)N2Cc1ccc(Cl)cc1. The van der Waals surface area contributed by atoms with E-state index in [2.05, 4.69) is 0 Å². The molecule has 0 unspecified atom stereocenters. The number of nitrogen functional groups attached to an aromatic ring is 1. The molecule has 0 saturated heterocycles. The van der Waals surface area contributed by atoms with Crippen molar-refractivity contribution in [2.24, 2.45) is 0 Å². The van der Waals surface area contributed by atoms with Crippen LogP contribution in [0.1, 0.15) is 11.1 Å². The topological polar surface area (TPSA) is 55.6 Å². The Morgan fingerprint density at radius 1 is 1.00 bits per heavy atom. The lowest BCUT2D eigenvalue weighted by atomic mass is 10.1. The van der Waals surface area contributed by atoms with Gasteiger partial charge in [0.2, 0.25) is 0 Å². The van der Waals surface area contributed by atoms with Crippen molar-refractivity contribution in [3.8, 4) is 5.75 Å². The lowest BCUT2D eigenvalue weighted by molar-refractivity contribution is -0.117. The number of fused-ring (bicyclic) bond motifs is 1. The first kappa shape index (κ1) is 17.2. The van der Waals surface area contributed by atoms with Gasteiger partial charge in [-0.3, -0.25) is 9.69 Å². The van der Waals surface area contributed by atoms with Crippen molar-refractivity contribution >= 4 is 35.0 Å². The molecule has 1 aliphatic heterocycles. The van der Waals surface area contributed by atoms with E-state index in [0.717, 1.165) is 11.1 Å². The highest BCUT2D eigenvalue weighted by Gasteiger charge is 2.30. The third kappa shape index (κ3) is 3.66. The zero-order chi connectivity index (χ0) is 18.8. The molecular weight excluding hydrogens is 360 g/mol. The summed E-state index contributed by atoms with van der Waals surface area (Å²) in [6.45, 7) is 0.405. The number of ether oxygens (including phenoxy) is 1. The van der Waals surface area contributed by atoms with Gasteiger partial charge in [0.1, 0.15) is 0 Å². The van der Waals surface area contributed by atoms with Crippen LogP contribution < -0.4 is 15.4 Å². The van der Waals surface area contributed by atoms with Crippen LogP contribution in [0.5, 0.6) is 5.75 Å². The first-order valence-corrected chi connectivity index (χ1v) is 8.88. The molecule has 27 heavy (non-hydrogen) atoms. The Labute approximate surface area is 162 Å². The third-order valence-electron chi connectivity index (χ3n) is 4.30. The fourth-order valence-corrected chi connectivity index (χ4v) is 3.09. The largest absolute Gasteiger partial charge is 0.449 e. The van der Waals surface area contributed by atoms with Gasteiger partial charge in [0.15, 0.2) is 11.5 Å². The van der Waals surface area contributed by atoms with Crippen molar-refractivity contribution in [2.75, 3.05) is 10.6 Å². The van der Waals surface area contributed by atoms with Crippen LogP contribution in [0.15, 0.2) is 78.6 Å². The molecular formula is C22H17ClN2O2. The zero-order valence-corrected chi connectivity index (χ0v) is 15.2. The number of hydrogen-bond donors (Lipinski definition) is 1. The summed E-state index contributed by atoms with van der Waals surface area (Å²) in [6, 6.07) is 22.3. The summed E-state index contributed by atoms with van der Waals surface area (Å²) in [6.07, 6.45) is 1.74. The maximum absolute atomic E-state index is 13.1. The van der Waals surface area contributed by atoms with Gasteiger partial charge in [0, 0.05) is 16.8 Å². The minimum Gasteiger partial charge on any atom is -0.449 e. The van der Waals surface area contributed by atoms with Gasteiger partial charge in [-0.05, 0) is 41.5 Å². The second-order valence-electron chi connectivity index (χ2n) is 6.27. The van der Waals surface area contributed by atoms with Crippen LogP contribution in [-0.2, 0) is 11.3 Å². The van der Waals surface area contributed by atoms with Crippen molar-refractivity contribution < 1.29 is 9.53 Å². The van der Waals surface area contributed by atoms with E-state index >= 15 is 0 Å².